The van der Waals surface area contributed by atoms with Crippen LogP contribution in [-0.2, 0) is 10.9 Å². The molecular weight excluding hydrogens is 275 g/mol. The predicted molar refractivity (Wildman–Crippen MR) is 64.1 cm³/mol. The molecule has 1 saturated heterocycles. The first kappa shape index (κ1) is 14.8. The molecule has 0 aromatic heterocycles. The van der Waals surface area contributed by atoms with Crippen molar-refractivity contribution in [1.82, 2.24) is 5.32 Å². The minimum Gasteiger partial charge on any atom is -0.389 e. The molecular formula is C13H14F3NO3. The van der Waals surface area contributed by atoms with Crippen LogP contribution in [0.4, 0.5) is 13.2 Å². The Morgan fingerprint density at radius 3 is 2.50 bits per heavy atom. The van der Waals surface area contributed by atoms with Gasteiger partial charge in [0.05, 0.1) is 24.3 Å². The lowest BCUT2D eigenvalue weighted by molar-refractivity contribution is -0.137. The van der Waals surface area contributed by atoms with E-state index >= 15 is 0 Å². The Hall–Kier alpha value is -1.60. The van der Waals surface area contributed by atoms with Gasteiger partial charge in [-0.3, -0.25) is 4.79 Å². The number of aliphatic hydroxyl groups excluding tert-OH is 1. The van der Waals surface area contributed by atoms with E-state index < -0.39 is 29.8 Å². The molecule has 2 N–H and O–H groups in total. The summed E-state index contributed by atoms with van der Waals surface area (Å²) in [4.78, 5) is 11.9. The highest BCUT2D eigenvalue weighted by Gasteiger charge is 2.30. The highest BCUT2D eigenvalue weighted by Crippen LogP contribution is 2.29. The van der Waals surface area contributed by atoms with Crippen molar-refractivity contribution < 1.29 is 27.8 Å². The number of alkyl halides is 3. The molecule has 1 aliphatic rings. The maximum absolute atomic E-state index is 12.4. The lowest BCUT2D eigenvalue weighted by atomic mass is 10.1. The van der Waals surface area contributed by atoms with E-state index in [-0.39, 0.29) is 12.2 Å². The Kier molecular flexibility index (Phi) is 4.29. The molecule has 2 atom stereocenters. The van der Waals surface area contributed by atoms with Crippen LogP contribution >= 0.6 is 0 Å². The summed E-state index contributed by atoms with van der Waals surface area (Å²) in [6.07, 6.45) is -4.76. The number of carbonyl (C=O) groups is 1. The average molecular weight is 289 g/mol. The fraction of sp³-hybridized carbons (Fsp3) is 0.462. The summed E-state index contributed by atoms with van der Waals surface area (Å²) >= 11 is 0. The van der Waals surface area contributed by atoms with Crippen molar-refractivity contribution in [2.45, 2.75) is 24.7 Å². The van der Waals surface area contributed by atoms with Crippen LogP contribution in [0.3, 0.4) is 0 Å². The van der Waals surface area contributed by atoms with E-state index in [1.54, 1.807) is 0 Å². The second-order valence-electron chi connectivity index (χ2n) is 4.59. The lowest BCUT2D eigenvalue weighted by Gasteiger charge is -2.28. The molecule has 1 aliphatic heterocycles. The van der Waals surface area contributed by atoms with Gasteiger partial charge in [-0.2, -0.15) is 13.2 Å². The van der Waals surface area contributed by atoms with E-state index in [9.17, 15) is 23.1 Å². The number of hydrogen-bond donors (Lipinski definition) is 2. The van der Waals surface area contributed by atoms with Gasteiger partial charge < -0.3 is 15.2 Å². The largest absolute Gasteiger partial charge is 0.416 e. The quantitative estimate of drug-likeness (QED) is 0.869. The molecule has 0 radical (unpaired) electrons. The molecule has 0 unspecified atom stereocenters. The first-order valence-corrected chi connectivity index (χ1v) is 6.12. The molecule has 1 heterocycles. The number of ether oxygens (including phenoxy) is 1. The topological polar surface area (TPSA) is 58.6 Å². The summed E-state index contributed by atoms with van der Waals surface area (Å²) in [6, 6.07) is 3.50. The zero-order valence-corrected chi connectivity index (χ0v) is 10.5. The van der Waals surface area contributed by atoms with Gasteiger partial charge in [0.25, 0.3) is 5.91 Å². The SMILES string of the molecule is O=C(N[C@@H]1CCOC[C@H]1O)c1ccc(C(F)(F)F)cc1. The van der Waals surface area contributed by atoms with Crippen molar-refractivity contribution in [3.8, 4) is 0 Å². The molecule has 0 aliphatic carbocycles. The average Bonchev–Trinajstić information content (AvgIpc) is 2.40. The minimum absolute atomic E-state index is 0.122. The molecule has 1 aromatic rings. The number of carbonyl (C=O) groups excluding carboxylic acids is 1. The van der Waals surface area contributed by atoms with Crippen LogP contribution in [0, 0.1) is 0 Å². The van der Waals surface area contributed by atoms with Crippen molar-refractivity contribution >= 4 is 5.91 Å². The van der Waals surface area contributed by atoms with Crippen molar-refractivity contribution in [2.75, 3.05) is 13.2 Å². The predicted octanol–water partition coefficient (Wildman–Crippen LogP) is 1.58. The molecule has 1 amide bonds. The van der Waals surface area contributed by atoms with Crippen LogP contribution in [0.5, 0.6) is 0 Å². The third kappa shape index (κ3) is 3.49. The van der Waals surface area contributed by atoms with Gasteiger partial charge >= 0.3 is 6.18 Å². The highest BCUT2D eigenvalue weighted by molar-refractivity contribution is 5.94. The van der Waals surface area contributed by atoms with Crippen LogP contribution in [-0.4, -0.2) is 36.4 Å². The summed E-state index contributed by atoms with van der Waals surface area (Å²) in [5.41, 5.74) is -0.683. The minimum atomic E-state index is -4.42. The van der Waals surface area contributed by atoms with Gasteiger partial charge in [0, 0.05) is 12.2 Å². The normalized spacial score (nSPS) is 23.4. The molecule has 20 heavy (non-hydrogen) atoms. The van der Waals surface area contributed by atoms with Gasteiger partial charge in [0.2, 0.25) is 0 Å². The number of halogens is 3. The van der Waals surface area contributed by atoms with Crippen LogP contribution in [0.2, 0.25) is 0 Å². The number of hydrogen-bond acceptors (Lipinski definition) is 3. The van der Waals surface area contributed by atoms with Gasteiger partial charge in [-0.25, -0.2) is 0 Å². The van der Waals surface area contributed by atoms with Crippen LogP contribution in [0.15, 0.2) is 24.3 Å². The molecule has 110 valence electrons. The summed E-state index contributed by atoms with van der Waals surface area (Å²) in [5, 5.41) is 12.2. The Morgan fingerprint density at radius 1 is 1.30 bits per heavy atom. The van der Waals surface area contributed by atoms with Gasteiger partial charge in [-0.1, -0.05) is 0 Å². The number of benzene rings is 1. The molecule has 1 fully saturated rings. The van der Waals surface area contributed by atoms with Crippen LogP contribution in [0.1, 0.15) is 22.3 Å². The third-order valence-corrected chi connectivity index (χ3v) is 3.12. The van der Waals surface area contributed by atoms with Crippen molar-refractivity contribution in [3.05, 3.63) is 35.4 Å². The van der Waals surface area contributed by atoms with Crippen molar-refractivity contribution in [2.24, 2.45) is 0 Å². The van der Waals surface area contributed by atoms with Gasteiger partial charge in [-0.15, -0.1) is 0 Å². The maximum Gasteiger partial charge on any atom is 0.416 e. The van der Waals surface area contributed by atoms with Crippen LogP contribution in [0.25, 0.3) is 0 Å². The van der Waals surface area contributed by atoms with Gasteiger partial charge in [0.15, 0.2) is 0 Å². The van der Waals surface area contributed by atoms with Gasteiger partial charge in [-0.05, 0) is 30.7 Å². The lowest BCUT2D eigenvalue weighted by Crippen LogP contribution is -2.48. The first-order valence-electron chi connectivity index (χ1n) is 6.12. The van der Waals surface area contributed by atoms with E-state index in [1.807, 2.05) is 0 Å². The molecule has 0 spiro atoms. The maximum atomic E-state index is 12.4. The summed E-state index contributed by atoms with van der Waals surface area (Å²) in [6.45, 7) is 0.562. The van der Waals surface area contributed by atoms with E-state index in [0.717, 1.165) is 24.3 Å². The summed E-state index contributed by atoms with van der Waals surface area (Å²) in [5.74, 6) is -0.510. The zero-order chi connectivity index (χ0) is 14.8. The molecule has 4 nitrogen and oxygen atoms in total. The molecule has 0 bridgehead atoms. The second kappa shape index (κ2) is 5.80. The molecule has 1 aromatic carbocycles. The van der Waals surface area contributed by atoms with E-state index in [0.29, 0.717) is 13.0 Å². The number of nitrogens with one attached hydrogen (secondary N) is 1. The summed E-state index contributed by atoms with van der Waals surface area (Å²) in [7, 11) is 0. The summed E-state index contributed by atoms with van der Waals surface area (Å²) < 4.78 is 42.2. The standard InChI is InChI=1S/C13H14F3NO3/c14-13(15,16)9-3-1-8(2-4-9)12(19)17-10-5-6-20-7-11(10)18/h1-4,10-11,18H,5-7H2,(H,17,19)/t10-,11-/m1/s1. The zero-order valence-electron chi connectivity index (χ0n) is 10.5. The van der Waals surface area contributed by atoms with E-state index in [1.165, 1.54) is 0 Å². The molecule has 7 heteroatoms. The Morgan fingerprint density at radius 2 is 1.95 bits per heavy atom. The highest BCUT2D eigenvalue weighted by atomic mass is 19.4. The van der Waals surface area contributed by atoms with Crippen molar-refractivity contribution in [3.63, 3.8) is 0 Å². The third-order valence-electron chi connectivity index (χ3n) is 3.12. The van der Waals surface area contributed by atoms with Gasteiger partial charge in [0.1, 0.15) is 0 Å². The number of rotatable bonds is 2. The Balaban J connectivity index is 2.02. The first-order chi connectivity index (χ1) is 9.38. The fourth-order valence-electron chi connectivity index (χ4n) is 1.95. The molecule has 2 rings (SSSR count). The van der Waals surface area contributed by atoms with Crippen LogP contribution < -0.4 is 5.32 Å². The number of aliphatic hydroxyl groups is 1. The van der Waals surface area contributed by atoms with E-state index in [4.69, 9.17) is 4.74 Å². The van der Waals surface area contributed by atoms with Crippen molar-refractivity contribution in [1.29, 1.82) is 0 Å². The fourth-order valence-corrected chi connectivity index (χ4v) is 1.95. The second-order valence-corrected chi connectivity index (χ2v) is 4.59. The Bertz CT molecular complexity index is 473. The Labute approximate surface area is 113 Å². The smallest absolute Gasteiger partial charge is 0.389 e. The monoisotopic (exact) mass is 289 g/mol. The number of amides is 1. The van der Waals surface area contributed by atoms with E-state index in [2.05, 4.69) is 5.32 Å². The molecule has 0 saturated carbocycles.